The van der Waals surface area contributed by atoms with Crippen LogP contribution in [0.2, 0.25) is 0 Å². The number of carbonyl (C=O) groups is 2. The zero-order valence-corrected chi connectivity index (χ0v) is 22.0. The molecular weight excluding hydrogens is 475 g/mol. The Balaban J connectivity index is 2.08. The average Bonchev–Trinajstić information content (AvgIpc) is 2.85. The minimum absolute atomic E-state index is 0.0151. The third-order valence-electron chi connectivity index (χ3n) is 5.46. The van der Waals surface area contributed by atoms with E-state index in [0.29, 0.717) is 30.9 Å². The summed E-state index contributed by atoms with van der Waals surface area (Å²) < 4.78 is 24.2. The molecule has 0 aliphatic heterocycles. The van der Waals surface area contributed by atoms with Crippen molar-refractivity contribution in [3.05, 3.63) is 77.1 Å². The maximum absolute atomic E-state index is 13.1. The molecule has 37 heavy (non-hydrogen) atoms. The second kappa shape index (κ2) is 15.5. The quantitative estimate of drug-likeness (QED) is 0.281. The predicted octanol–water partition coefficient (Wildman–Crippen LogP) is 4.75. The fraction of sp³-hybridized carbons (Fsp3) is 0.379. The molecule has 0 fully saturated rings. The lowest BCUT2D eigenvalue weighted by molar-refractivity contribution is -0.116. The van der Waals surface area contributed by atoms with Gasteiger partial charge in [0.15, 0.2) is 0 Å². The molecule has 200 valence electrons. The van der Waals surface area contributed by atoms with Crippen molar-refractivity contribution in [2.24, 2.45) is 0 Å². The first-order valence-corrected chi connectivity index (χ1v) is 12.5. The standard InChI is InChI=1S/C29H37FN2O5/c1-5-32(6-2)17-8-10-27(34)31-16-7-9-23-19-25(20-26(33)28(23)29(35)37-21(3)4)36-18-15-22-11-13-24(30)14-12-22/h7-14,19-21,33H,5-6,15-18H2,1-4H3,(H,31,34)/b9-7+,10-8+. The Morgan fingerprint density at radius 3 is 2.46 bits per heavy atom. The lowest BCUT2D eigenvalue weighted by atomic mass is 10.0. The number of phenolic OH excluding ortho intramolecular Hbond substituents is 1. The number of phenols is 1. The van der Waals surface area contributed by atoms with Crippen molar-refractivity contribution in [2.75, 3.05) is 32.8 Å². The minimum atomic E-state index is -0.659. The summed E-state index contributed by atoms with van der Waals surface area (Å²) in [6.07, 6.45) is 6.80. The van der Waals surface area contributed by atoms with Crippen molar-refractivity contribution in [2.45, 2.75) is 40.2 Å². The topological polar surface area (TPSA) is 88.1 Å². The lowest BCUT2D eigenvalue weighted by Crippen LogP contribution is -2.24. The summed E-state index contributed by atoms with van der Waals surface area (Å²) >= 11 is 0. The van der Waals surface area contributed by atoms with Crippen LogP contribution in [-0.4, -0.2) is 60.8 Å². The third kappa shape index (κ3) is 10.5. The van der Waals surface area contributed by atoms with E-state index in [1.807, 2.05) is 6.08 Å². The van der Waals surface area contributed by atoms with Crippen LogP contribution in [0.3, 0.4) is 0 Å². The van der Waals surface area contributed by atoms with E-state index in [1.54, 1.807) is 44.2 Å². The van der Waals surface area contributed by atoms with E-state index in [4.69, 9.17) is 9.47 Å². The molecule has 2 rings (SSSR count). The number of aromatic hydroxyl groups is 1. The number of carbonyl (C=O) groups excluding carboxylic acids is 2. The highest BCUT2D eigenvalue weighted by Crippen LogP contribution is 2.30. The number of esters is 1. The van der Waals surface area contributed by atoms with E-state index < -0.39 is 5.97 Å². The Morgan fingerprint density at radius 1 is 1.11 bits per heavy atom. The SMILES string of the molecule is CCN(CC)C/C=C/C(=O)NC/C=C/c1cc(OCCc2ccc(F)cc2)cc(O)c1C(=O)OC(C)C. The number of nitrogens with zero attached hydrogens (tertiary/aromatic N) is 1. The molecule has 0 aromatic heterocycles. The van der Waals surface area contributed by atoms with Crippen LogP contribution in [0, 0.1) is 5.82 Å². The first-order valence-electron chi connectivity index (χ1n) is 12.5. The van der Waals surface area contributed by atoms with Gasteiger partial charge in [-0.2, -0.15) is 0 Å². The highest BCUT2D eigenvalue weighted by molar-refractivity contribution is 5.97. The van der Waals surface area contributed by atoms with Gasteiger partial charge in [-0.1, -0.05) is 44.2 Å². The second-order valence-electron chi connectivity index (χ2n) is 8.62. The molecule has 0 atom stereocenters. The van der Waals surface area contributed by atoms with Crippen LogP contribution in [0.15, 0.2) is 54.6 Å². The fourth-order valence-corrected chi connectivity index (χ4v) is 3.46. The Labute approximate surface area is 218 Å². The third-order valence-corrected chi connectivity index (χ3v) is 5.46. The molecule has 2 aromatic rings. The number of ether oxygens (including phenoxy) is 2. The number of benzene rings is 2. The van der Waals surface area contributed by atoms with E-state index in [1.165, 1.54) is 24.3 Å². The number of hydrogen-bond donors (Lipinski definition) is 2. The maximum Gasteiger partial charge on any atom is 0.342 e. The van der Waals surface area contributed by atoms with Gasteiger partial charge in [-0.25, -0.2) is 9.18 Å². The van der Waals surface area contributed by atoms with Gasteiger partial charge in [-0.15, -0.1) is 0 Å². The second-order valence-corrected chi connectivity index (χ2v) is 8.62. The van der Waals surface area contributed by atoms with Gasteiger partial charge in [0.05, 0.1) is 12.7 Å². The van der Waals surface area contributed by atoms with Gasteiger partial charge < -0.3 is 24.8 Å². The summed E-state index contributed by atoms with van der Waals surface area (Å²) in [6.45, 7) is 10.6. The maximum atomic E-state index is 13.1. The molecular formula is C29H37FN2O5. The molecule has 0 heterocycles. The summed E-state index contributed by atoms with van der Waals surface area (Å²) in [5.41, 5.74) is 1.32. The predicted molar refractivity (Wildman–Crippen MR) is 143 cm³/mol. The Morgan fingerprint density at radius 2 is 1.81 bits per heavy atom. The summed E-state index contributed by atoms with van der Waals surface area (Å²) in [5, 5.41) is 13.4. The Kier molecular flexibility index (Phi) is 12.4. The zero-order chi connectivity index (χ0) is 27.2. The number of nitrogens with one attached hydrogen (secondary N) is 1. The number of likely N-dealkylation sites (N-methyl/N-ethyl adjacent to an activating group) is 1. The van der Waals surface area contributed by atoms with E-state index in [2.05, 4.69) is 24.1 Å². The van der Waals surface area contributed by atoms with Crippen LogP contribution in [0.25, 0.3) is 6.08 Å². The molecule has 0 bridgehead atoms. The molecule has 0 unspecified atom stereocenters. The molecule has 0 aliphatic rings. The van der Waals surface area contributed by atoms with Gasteiger partial charge in [0.1, 0.15) is 22.9 Å². The summed E-state index contributed by atoms with van der Waals surface area (Å²) in [7, 11) is 0. The largest absolute Gasteiger partial charge is 0.507 e. The van der Waals surface area contributed by atoms with E-state index in [9.17, 15) is 19.1 Å². The molecule has 0 aliphatic carbocycles. The molecule has 2 aromatic carbocycles. The Bertz CT molecular complexity index is 1080. The van der Waals surface area contributed by atoms with Gasteiger partial charge in [-0.05, 0) is 56.3 Å². The highest BCUT2D eigenvalue weighted by atomic mass is 19.1. The van der Waals surface area contributed by atoms with Gasteiger partial charge in [-0.3, -0.25) is 4.79 Å². The summed E-state index contributed by atoms with van der Waals surface area (Å²) in [6, 6.07) is 9.13. The summed E-state index contributed by atoms with van der Waals surface area (Å²) in [5.74, 6) is -1.09. The van der Waals surface area contributed by atoms with Gasteiger partial charge >= 0.3 is 5.97 Å². The van der Waals surface area contributed by atoms with Crippen molar-refractivity contribution in [3.8, 4) is 11.5 Å². The molecule has 0 saturated heterocycles. The normalized spacial score (nSPS) is 11.5. The van der Waals surface area contributed by atoms with Crippen LogP contribution < -0.4 is 10.1 Å². The molecule has 0 spiro atoms. The van der Waals surface area contributed by atoms with Gasteiger partial charge in [0.2, 0.25) is 5.91 Å². The van der Waals surface area contributed by atoms with Crippen molar-refractivity contribution in [3.63, 3.8) is 0 Å². The fourth-order valence-electron chi connectivity index (χ4n) is 3.46. The number of hydrogen-bond acceptors (Lipinski definition) is 6. The van der Waals surface area contributed by atoms with Gasteiger partial charge in [0, 0.05) is 31.7 Å². The van der Waals surface area contributed by atoms with E-state index >= 15 is 0 Å². The molecule has 2 N–H and O–H groups in total. The first kappa shape index (κ1) is 29.6. The number of halogens is 1. The molecule has 1 amide bonds. The highest BCUT2D eigenvalue weighted by Gasteiger charge is 2.19. The molecule has 0 saturated carbocycles. The van der Waals surface area contributed by atoms with E-state index in [0.717, 1.165) is 18.7 Å². The molecule has 0 radical (unpaired) electrons. The van der Waals surface area contributed by atoms with Crippen molar-refractivity contribution in [1.29, 1.82) is 0 Å². The average molecular weight is 513 g/mol. The van der Waals surface area contributed by atoms with Crippen LogP contribution in [-0.2, 0) is 16.0 Å². The number of amides is 1. The minimum Gasteiger partial charge on any atom is -0.507 e. The molecule has 7 nitrogen and oxygen atoms in total. The molecule has 8 heteroatoms. The Hall–Kier alpha value is -3.65. The zero-order valence-electron chi connectivity index (χ0n) is 22.0. The first-order chi connectivity index (χ1) is 17.7. The monoisotopic (exact) mass is 512 g/mol. The van der Waals surface area contributed by atoms with Crippen LogP contribution in [0.5, 0.6) is 11.5 Å². The van der Waals surface area contributed by atoms with Crippen LogP contribution in [0.1, 0.15) is 49.2 Å². The van der Waals surface area contributed by atoms with Crippen LogP contribution >= 0.6 is 0 Å². The summed E-state index contributed by atoms with van der Waals surface area (Å²) in [4.78, 5) is 26.9. The van der Waals surface area contributed by atoms with Crippen LogP contribution in [0.4, 0.5) is 4.39 Å². The van der Waals surface area contributed by atoms with Crippen molar-refractivity contribution < 1.29 is 28.6 Å². The van der Waals surface area contributed by atoms with Gasteiger partial charge in [0.25, 0.3) is 0 Å². The smallest absolute Gasteiger partial charge is 0.342 e. The van der Waals surface area contributed by atoms with Crippen molar-refractivity contribution in [1.82, 2.24) is 10.2 Å². The van der Waals surface area contributed by atoms with Crippen molar-refractivity contribution >= 4 is 18.0 Å². The number of rotatable bonds is 14. The lowest BCUT2D eigenvalue weighted by Gasteiger charge is -2.14. The van der Waals surface area contributed by atoms with E-state index in [-0.39, 0.29) is 35.7 Å².